The molecule has 0 aliphatic carbocycles. The molecule has 1 aromatic rings. The van der Waals surface area contributed by atoms with E-state index in [2.05, 4.69) is 85.7 Å². The second kappa shape index (κ2) is 7.15. The highest BCUT2D eigenvalue weighted by molar-refractivity contribution is 5.12. The van der Waals surface area contributed by atoms with Crippen molar-refractivity contribution in [2.24, 2.45) is 17.3 Å². The third kappa shape index (κ3) is 4.38. The molecular weight excluding hydrogens is 298 g/mol. The predicted octanol–water partition coefficient (Wildman–Crippen LogP) is 5.03. The Bertz CT molecular complexity index is 529. The lowest BCUT2D eigenvalue weighted by Gasteiger charge is -2.38. The molecule has 1 rings (SSSR count). The van der Waals surface area contributed by atoms with Crippen LogP contribution in [0.4, 0.5) is 0 Å². The average molecular weight is 338 g/mol. The van der Waals surface area contributed by atoms with Crippen LogP contribution < -0.4 is 0 Å². The molecule has 0 aliphatic rings. The molecule has 0 N–H and O–H groups in total. The maximum atomic E-state index is 5.57. The van der Waals surface area contributed by atoms with Gasteiger partial charge in [-0.05, 0) is 44.4 Å². The summed E-state index contributed by atoms with van der Waals surface area (Å²) in [6, 6.07) is 0. The standard InChI is InChI=1S/C20H39N3O/c1-14(2)15(3)20(9,10)17-12-23(22-21-17)19(7,8)13-18(5,6)16(4)24-11/h12,14-16H,13H2,1-11H3. The van der Waals surface area contributed by atoms with Crippen molar-refractivity contribution in [2.45, 2.75) is 92.7 Å². The fourth-order valence-electron chi connectivity index (χ4n) is 3.58. The first-order valence-electron chi connectivity index (χ1n) is 9.22. The van der Waals surface area contributed by atoms with Gasteiger partial charge in [0.2, 0.25) is 0 Å². The Balaban J connectivity index is 3.06. The van der Waals surface area contributed by atoms with Gasteiger partial charge in [-0.2, -0.15) is 0 Å². The summed E-state index contributed by atoms with van der Waals surface area (Å²) >= 11 is 0. The van der Waals surface area contributed by atoms with Crippen molar-refractivity contribution in [2.75, 3.05) is 7.11 Å². The van der Waals surface area contributed by atoms with Crippen molar-refractivity contribution in [3.05, 3.63) is 11.9 Å². The van der Waals surface area contributed by atoms with Crippen LogP contribution in [0.15, 0.2) is 6.20 Å². The van der Waals surface area contributed by atoms with Gasteiger partial charge in [-0.1, -0.05) is 53.7 Å². The van der Waals surface area contributed by atoms with Gasteiger partial charge in [-0.3, -0.25) is 0 Å². The van der Waals surface area contributed by atoms with Crippen LogP contribution in [-0.4, -0.2) is 28.2 Å². The van der Waals surface area contributed by atoms with Gasteiger partial charge in [0.1, 0.15) is 0 Å². The first-order valence-corrected chi connectivity index (χ1v) is 9.22. The summed E-state index contributed by atoms with van der Waals surface area (Å²) in [7, 11) is 1.78. The number of nitrogens with zero attached hydrogens (tertiary/aromatic N) is 3. The summed E-state index contributed by atoms with van der Waals surface area (Å²) in [5, 5.41) is 9.03. The summed E-state index contributed by atoms with van der Waals surface area (Å²) in [5.41, 5.74) is 1.04. The van der Waals surface area contributed by atoms with Crippen molar-refractivity contribution >= 4 is 0 Å². The van der Waals surface area contributed by atoms with Gasteiger partial charge in [0.05, 0.1) is 17.3 Å². The van der Waals surface area contributed by atoms with Crippen LogP contribution in [0.25, 0.3) is 0 Å². The van der Waals surface area contributed by atoms with Crippen molar-refractivity contribution in [1.82, 2.24) is 15.0 Å². The zero-order valence-corrected chi connectivity index (χ0v) is 17.8. The van der Waals surface area contributed by atoms with E-state index in [0.29, 0.717) is 11.8 Å². The second-order valence-electron chi connectivity index (χ2n) is 9.66. The fourth-order valence-corrected chi connectivity index (χ4v) is 3.58. The third-order valence-corrected chi connectivity index (χ3v) is 6.25. The summed E-state index contributed by atoms with van der Waals surface area (Å²) < 4.78 is 7.61. The van der Waals surface area contributed by atoms with Gasteiger partial charge < -0.3 is 4.74 Å². The van der Waals surface area contributed by atoms with E-state index in [1.165, 1.54) is 0 Å². The molecule has 4 nitrogen and oxygen atoms in total. The highest BCUT2D eigenvalue weighted by Gasteiger charge is 2.37. The van der Waals surface area contributed by atoms with Crippen LogP contribution in [0.5, 0.6) is 0 Å². The van der Waals surface area contributed by atoms with Crippen LogP contribution in [0.1, 0.15) is 81.4 Å². The number of rotatable bonds is 8. The summed E-state index contributed by atoms with van der Waals surface area (Å²) in [5.74, 6) is 1.15. The molecule has 2 atom stereocenters. The maximum absolute atomic E-state index is 5.57. The minimum absolute atomic E-state index is 0.0117. The molecule has 140 valence electrons. The zero-order chi connectivity index (χ0) is 18.9. The Kier molecular flexibility index (Phi) is 6.30. The average Bonchev–Trinajstić information content (AvgIpc) is 2.95. The lowest BCUT2D eigenvalue weighted by atomic mass is 9.72. The van der Waals surface area contributed by atoms with Gasteiger partial charge in [-0.15, -0.1) is 5.10 Å². The molecule has 0 saturated heterocycles. The monoisotopic (exact) mass is 337 g/mol. The highest BCUT2D eigenvalue weighted by Crippen LogP contribution is 2.38. The summed E-state index contributed by atoms with van der Waals surface area (Å²) in [6.45, 7) is 22.5. The minimum atomic E-state index is -0.112. The second-order valence-corrected chi connectivity index (χ2v) is 9.66. The number of ether oxygens (including phenoxy) is 1. The van der Waals surface area contributed by atoms with Gasteiger partial charge in [0, 0.05) is 18.7 Å². The zero-order valence-electron chi connectivity index (χ0n) is 17.8. The number of hydrogen-bond acceptors (Lipinski definition) is 3. The summed E-state index contributed by atoms with van der Waals surface area (Å²) in [4.78, 5) is 0. The van der Waals surface area contributed by atoms with Gasteiger partial charge >= 0.3 is 0 Å². The number of methoxy groups -OCH3 is 1. The molecule has 1 aromatic heterocycles. The Labute approximate surface area is 149 Å². The first kappa shape index (κ1) is 21.1. The van der Waals surface area contributed by atoms with E-state index in [0.717, 1.165) is 12.1 Å². The highest BCUT2D eigenvalue weighted by atomic mass is 16.5. The van der Waals surface area contributed by atoms with E-state index in [-0.39, 0.29) is 22.5 Å². The fraction of sp³-hybridized carbons (Fsp3) is 0.900. The van der Waals surface area contributed by atoms with E-state index < -0.39 is 0 Å². The van der Waals surface area contributed by atoms with Crippen LogP contribution in [0, 0.1) is 17.3 Å². The van der Waals surface area contributed by atoms with Gasteiger partial charge in [0.15, 0.2) is 0 Å². The van der Waals surface area contributed by atoms with Crippen LogP contribution >= 0.6 is 0 Å². The van der Waals surface area contributed by atoms with Crippen LogP contribution in [0.3, 0.4) is 0 Å². The molecule has 2 unspecified atom stereocenters. The van der Waals surface area contributed by atoms with E-state index in [4.69, 9.17) is 4.74 Å². The van der Waals surface area contributed by atoms with E-state index >= 15 is 0 Å². The summed E-state index contributed by atoms with van der Waals surface area (Å²) in [6.07, 6.45) is 3.31. The minimum Gasteiger partial charge on any atom is -0.381 e. The molecule has 4 heteroatoms. The molecule has 0 aliphatic heterocycles. The third-order valence-electron chi connectivity index (χ3n) is 6.25. The van der Waals surface area contributed by atoms with Gasteiger partial charge in [-0.25, -0.2) is 4.68 Å². The molecule has 1 heterocycles. The lowest BCUT2D eigenvalue weighted by Crippen LogP contribution is -2.39. The lowest BCUT2D eigenvalue weighted by molar-refractivity contribution is -0.00406. The van der Waals surface area contributed by atoms with Crippen LogP contribution in [0.2, 0.25) is 0 Å². The first-order chi connectivity index (χ1) is 10.8. The normalized spacial score (nSPS) is 16.5. The Morgan fingerprint density at radius 1 is 1.04 bits per heavy atom. The molecule has 0 radical (unpaired) electrons. The molecule has 0 fully saturated rings. The van der Waals surface area contributed by atoms with Crippen molar-refractivity contribution in [1.29, 1.82) is 0 Å². The Morgan fingerprint density at radius 3 is 2.04 bits per heavy atom. The largest absolute Gasteiger partial charge is 0.381 e. The van der Waals surface area contributed by atoms with E-state index in [1.54, 1.807) is 7.11 Å². The maximum Gasteiger partial charge on any atom is 0.0886 e. The SMILES string of the molecule is COC(C)C(C)(C)CC(C)(C)n1cc(C(C)(C)C(C)C(C)C)nn1. The van der Waals surface area contributed by atoms with Crippen molar-refractivity contribution < 1.29 is 4.74 Å². The molecule has 0 saturated carbocycles. The quantitative estimate of drug-likeness (QED) is 0.667. The Hall–Kier alpha value is -0.900. The van der Waals surface area contributed by atoms with E-state index in [9.17, 15) is 0 Å². The van der Waals surface area contributed by atoms with Crippen molar-refractivity contribution in [3.8, 4) is 0 Å². The van der Waals surface area contributed by atoms with Crippen molar-refractivity contribution in [3.63, 3.8) is 0 Å². The predicted molar refractivity (Wildman–Crippen MR) is 101 cm³/mol. The van der Waals surface area contributed by atoms with Gasteiger partial charge in [0.25, 0.3) is 0 Å². The molecule has 24 heavy (non-hydrogen) atoms. The topological polar surface area (TPSA) is 39.9 Å². The smallest absolute Gasteiger partial charge is 0.0886 e. The molecular formula is C20H39N3O. The number of aromatic nitrogens is 3. The van der Waals surface area contributed by atoms with Crippen LogP contribution in [-0.2, 0) is 15.7 Å². The van der Waals surface area contributed by atoms with E-state index in [1.807, 2.05) is 4.68 Å². The molecule has 0 amide bonds. The number of hydrogen-bond donors (Lipinski definition) is 0. The molecule has 0 bridgehead atoms. The molecule has 0 spiro atoms. The Morgan fingerprint density at radius 2 is 1.58 bits per heavy atom. The molecule has 0 aromatic carbocycles.